The number of ether oxygens (including phenoxy) is 1. The molecule has 1 aliphatic rings. The molecule has 1 heterocycles. The Bertz CT molecular complexity index is 391. The van der Waals surface area contributed by atoms with E-state index in [1.807, 2.05) is 6.92 Å². The van der Waals surface area contributed by atoms with E-state index in [-0.39, 0.29) is 23.6 Å². The molecule has 0 radical (unpaired) electrons. The zero-order valence-electron chi connectivity index (χ0n) is 11.5. The van der Waals surface area contributed by atoms with E-state index in [4.69, 9.17) is 16.3 Å². The zero-order valence-corrected chi connectivity index (χ0v) is 13.0. The number of halogens is 1. The van der Waals surface area contributed by atoms with Crippen LogP contribution in [0, 0.1) is 11.8 Å². The van der Waals surface area contributed by atoms with Crippen molar-refractivity contribution < 1.29 is 17.9 Å². The SMILES string of the molecule is CCOC(=O)C1CCN(S(=O)(=O)CC(C)CCl)CC1. The highest BCUT2D eigenvalue weighted by Gasteiger charge is 2.32. The van der Waals surface area contributed by atoms with Crippen LogP contribution in [-0.4, -0.2) is 50.0 Å². The predicted octanol–water partition coefficient (Wildman–Crippen LogP) is 1.47. The van der Waals surface area contributed by atoms with Crippen LogP contribution in [0.2, 0.25) is 0 Å². The van der Waals surface area contributed by atoms with Crippen LogP contribution >= 0.6 is 11.6 Å². The standard InChI is InChI=1S/C12H22ClNO4S/c1-3-18-12(15)11-4-6-14(7-5-11)19(16,17)9-10(2)8-13/h10-11H,3-9H2,1-2H3. The van der Waals surface area contributed by atoms with Crippen molar-refractivity contribution in [3.63, 3.8) is 0 Å². The summed E-state index contributed by atoms with van der Waals surface area (Å²) in [6, 6.07) is 0. The van der Waals surface area contributed by atoms with E-state index in [1.54, 1.807) is 6.92 Å². The zero-order chi connectivity index (χ0) is 14.5. The molecule has 1 aliphatic heterocycles. The molecule has 1 atom stereocenters. The highest BCUT2D eigenvalue weighted by molar-refractivity contribution is 7.89. The predicted molar refractivity (Wildman–Crippen MR) is 74.6 cm³/mol. The van der Waals surface area contributed by atoms with Crippen molar-refractivity contribution in [2.24, 2.45) is 11.8 Å². The van der Waals surface area contributed by atoms with Crippen LogP contribution in [0.25, 0.3) is 0 Å². The normalized spacial score (nSPS) is 20.2. The number of piperidine rings is 1. The summed E-state index contributed by atoms with van der Waals surface area (Å²) in [5.41, 5.74) is 0. The second kappa shape index (κ2) is 7.45. The largest absolute Gasteiger partial charge is 0.466 e. The van der Waals surface area contributed by atoms with Gasteiger partial charge in [0.2, 0.25) is 10.0 Å². The maximum atomic E-state index is 12.1. The van der Waals surface area contributed by atoms with Gasteiger partial charge in [0.15, 0.2) is 0 Å². The minimum Gasteiger partial charge on any atom is -0.466 e. The maximum Gasteiger partial charge on any atom is 0.309 e. The van der Waals surface area contributed by atoms with Crippen molar-refractivity contribution in [3.05, 3.63) is 0 Å². The van der Waals surface area contributed by atoms with Gasteiger partial charge in [-0.25, -0.2) is 12.7 Å². The van der Waals surface area contributed by atoms with E-state index in [2.05, 4.69) is 0 Å². The van der Waals surface area contributed by atoms with Crippen LogP contribution in [0.3, 0.4) is 0 Å². The molecule has 112 valence electrons. The van der Waals surface area contributed by atoms with Gasteiger partial charge >= 0.3 is 5.97 Å². The van der Waals surface area contributed by atoms with Gasteiger partial charge in [-0.2, -0.15) is 0 Å². The summed E-state index contributed by atoms with van der Waals surface area (Å²) in [7, 11) is -3.26. The lowest BCUT2D eigenvalue weighted by Gasteiger charge is -2.30. The van der Waals surface area contributed by atoms with Gasteiger partial charge in [0.1, 0.15) is 0 Å². The molecule has 0 aromatic carbocycles. The van der Waals surface area contributed by atoms with Gasteiger partial charge in [0.05, 0.1) is 18.3 Å². The monoisotopic (exact) mass is 311 g/mol. The van der Waals surface area contributed by atoms with Gasteiger partial charge in [-0.1, -0.05) is 6.92 Å². The van der Waals surface area contributed by atoms with Gasteiger partial charge in [-0.3, -0.25) is 4.79 Å². The van der Waals surface area contributed by atoms with Gasteiger partial charge < -0.3 is 4.74 Å². The molecule has 1 rings (SSSR count). The molecule has 0 bridgehead atoms. The van der Waals surface area contributed by atoms with E-state index in [0.717, 1.165) is 0 Å². The Morgan fingerprint density at radius 2 is 2.00 bits per heavy atom. The van der Waals surface area contributed by atoms with Crippen LogP contribution in [0.15, 0.2) is 0 Å². The second-order valence-corrected chi connectivity index (χ2v) is 7.29. The van der Waals surface area contributed by atoms with Crippen LogP contribution in [-0.2, 0) is 19.6 Å². The number of rotatable bonds is 6. The maximum absolute atomic E-state index is 12.1. The Hall–Kier alpha value is -0.330. The first-order valence-electron chi connectivity index (χ1n) is 6.61. The molecule has 5 nitrogen and oxygen atoms in total. The molecule has 0 amide bonds. The summed E-state index contributed by atoms with van der Waals surface area (Å²) < 4.78 is 30.6. The topological polar surface area (TPSA) is 63.7 Å². The van der Waals surface area contributed by atoms with Crippen molar-refractivity contribution in [1.29, 1.82) is 0 Å². The number of hydrogen-bond acceptors (Lipinski definition) is 4. The lowest BCUT2D eigenvalue weighted by Crippen LogP contribution is -2.42. The molecular formula is C12H22ClNO4S. The Morgan fingerprint density at radius 1 is 1.42 bits per heavy atom. The van der Waals surface area contributed by atoms with E-state index >= 15 is 0 Å². The number of nitrogens with zero attached hydrogens (tertiary/aromatic N) is 1. The molecule has 0 N–H and O–H groups in total. The number of carbonyl (C=O) groups is 1. The second-order valence-electron chi connectivity index (χ2n) is 4.96. The Kier molecular flexibility index (Phi) is 6.56. The number of sulfonamides is 1. The third-order valence-corrected chi connectivity index (χ3v) is 5.89. The Balaban J connectivity index is 2.51. The van der Waals surface area contributed by atoms with Crippen LogP contribution < -0.4 is 0 Å². The average molecular weight is 312 g/mol. The molecule has 1 saturated heterocycles. The number of alkyl halides is 1. The lowest BCUT2D eigenvalue weighted by atomic mass is 9.98. The first kappa shape index (κ1) is 16.7. The van der Waals surface area contributed by atoms with Gasteiger partial charge in [0, 0.05) is 19.0 Å². The molecular weight excluding hydrogens is 290 g/mol. The van der Waals surface area contributed by atoms with E-state index in [9.17, 15) is 13.2 Å². The molecule has 0 saturated carbocycles. The van der Waals surface area contributed by atoms with Crippen LogP contribution in [0.4, 0.5) is 0 Å². The average Bonchev–Trinajstić information content (AvgIpc) is 2.38. The van der Waals surface area contributed by atoms with Crippen molar-refractivity contribution >= 4 is 27.6 Å². The third-order valence-electron chi connectivity index (χ3n) is 3.23. The summed E-state index contributed by atoms with van der Waals surface area (Å²) in [6.45, 7) is 4.73. The van der Waals surface area contributed by atoms with E-state index in [0.29, 0.717) is 38.4 Å². The molecule has 7 heteroatoms. The van der Waals surface area contributed by atoms with Crippen molar-refractivity contribution in [2.75, 3.05) is 31.3 Å². The van der Waals surface area contributed by atoms with Crippen LogP contribution in [0.5, 0.6) is 0 Å². The molecule has 1 unspecified atom stereocenters. The van der Waals surface area contributed by atoms with Crippen molar-refractivity contribution in [2.45, 2.75) is 26.7 Å². The molecule has 19 heavy (non-hydrogen) atoms. The smallest absolute Gasteiger partial charge is 0.309 e. The molecule has 0 aliphatic carbocycles. The molecule has 0 spiro atoms. The Labute approximate surface area is 120 Å². The Morgan fingerprint density at radius 3 is 2.47 bits per heavy atom. The van der Waals surface area contributed by atoms with E-state index < -0.39 is 10.0 Å². The van der Waals surface area contributed by atoms with Crippen LogP contribution in [0.1, 0.15) is 26.7 Å². The fourth-order valence-corrected chi connectivity index (χ4v) is 4.19. The number of carbonyl (C=O) groups excluding carboxylic acids is 1. The van der Waals surface area contributed by atoms with Crippen molar-refractivity contribution in [1.82, 2.24) is 4.31 Å². The first-order valence-corrected chi connectivity index (χ1v) is 8.75. The van der Waals surface area contributed by atoms with Gasteiger partial charge in [0.25, 0.3) is 0 Å². The molecule has 0 aromatic heterocycles. The summed E-state index contributed by atoms with van der Waals surface area (Å²) in [5, 5.41) is 0. The fourth-order valence-electron chi connectivity index (χ4n) is 2.14. The van der Waals surface area contributed by atoms with Gasteiger partial charge in [-0.15, -0.1) is 11.6 Å². The summed E-state index contributed by atoms with van der Waals surface area (Å²) in [5.74, 6) is -0.0426. The molecule has 1 fully saturated rings. The van der Waals surface area contributed by atoms with E-state index in [1.165, 1.54) is 4.31 Å². The minimum atomic E-state index is -3.26. The summed E-state index contributed by atoms with van der Waals surface area (Å²) >= 11 is 5.65. The highest BCUT2D eigenvalue weighted by atomic mass is 35.5. The number of esters is 1. The lowest BCUT2D eigenvalue weighted by molar-refractivity contribution is -0.149. The fraction of sp³-hybridized carbons (Fsp3) is 0.917. The van der Waals surface area contributed by atoms with Crippen molar-refractivity contribution in [3.8, 4) is 0 Å². The summed E-state index contributed by atoms with van der Waals surface area (Å²) in [6.07, 6.45) is 1.07. The summed E-state index contributed by atoms with van der Waals surface area (Å²) in [4.78, 5) is 11.6. The quantitative estimate of drug-likeness (QED) is 0.550. The van der Waals surface area contributed by atoms with Gasteiger partial charge in [-0.05, 0) is 25.7 Å². The molecule has 0 aromatic rings. The minimum absolute atomic E-state index is 0.0607. The number of hydrogen-bond donors (Lipinski definition) is 0. The highest BCUT2D eigenvalue weighted by Crippen LogP contribution is 2.22. The first-order chi connectivity index (χ1) is 8.90. The third kappa shape index (κ3) is 4.93.